The van der Waals surface area contributed by atoms with E-state index in [9.17, 15) is 9.59 Å². The Morgan fingerprint density at radius 2 is 1.59 bits per heavy atom. The van der Waals surface area contributed by atoms with E-state index >= 15 is 0 Å². The molecule has 2 aliphatic heterocycles. The van der Waals surface area contributed by atoms with E-state index in [1.54, 1.807) is 5.01 Å². The summed E-state index contributed by atoms with van der Waals surface area (Å²) in [6.45, 7) is 2.50. The third-order valence-corrected chi connectivity index (χ3v) is 5.56. The van der Waals surface area contributed by atoms with Crippen LogP contribution in [0.2, 0.25) is 0 Å². The second kappa shape index (κ2) is 9.01. The third-order valence-electron chi connectivity index (χ3n) is 5.56. The van der Waals surface area contributed by atoms with Gasteiger partial charge in [-0.25, -0.2) is 5.01 Å². The van der Waals surface area contributed by atoms with E-state index in [1.807, 2.05) is 60.7 Å². The second-order valence-electron chi connectivity index (χ2n) is 7.59. The predicted molar refractivity (Wildman–Crippen MR) is 114 cm³/mol. The van der Waals surface area contributed by atoms with Crippen LogP contribution in [-0.2, 0) is 9.59 Å². The summed E-state index contributed by atoms with van der Waals surface area (Å²) < 4.78 is 0. The van der Waals surface area contributed by atoms with Crippen LogP contribution < -0.4 is 5.32 Å². The summed E-state index contributed by atoms with van der Waals surface area (Å²) in [5, 5.41) is 9.10. The molecule has 2 heterocycles. The molecule has 1 N–H and O–H groups in total. The molecule has 0 saturated carbocycles. The molecule has 0 atom stereocenters. The van der Waals surface area contributed by atoms with Gasteiger partial charge in [0.1, 0.15) is 0 Å². The quantitative estimate of drug-likeness (QED) is 0.854. The van der Waals surface area contributed by atoms with Crippen LogP contribution in [0.15, 0.2) is 65.8 Å². The number of rotatable bonds is 5. The van der Waals surface area contributed by atoms with Gasteiger partial charge < -0.3 is 5.32 Å². The standard InChI is InChI=1S/C23H26N4O2/c28-22(27-16-13-21(25-27)18-7-3-1-4-8-18)17-26-14-11-19(12-15-26)23(29)24-20-9-5-2-6-10-20/h1-10,19H,11-17H2,(H,24,29). The molecule has 2 aliphatic rings. The van der Waals surface area contributed by atoms with Crippen LogP contribution >= 0.6 is 0 Å². The first-order valence-electron chi connectivity index (χ1n) is 10.2. The lowest BCUT2D eigenvalue weighted by molar-refractivity contribution is -0.132. The summed E-state index contributed by atoms with van der Waals surface area (Å²) in [4.78, 5) is 27.2. The van der Waals surface area contributed by atoms with Gasteiger partial charge in [0, 0.05) is 18.0 Å². The first-order valence-corrected chi connectivity index (χ1v) is 10.2. The normalized spacial score (nSPS) is 17.8. The number of amides is 2. The highest BCUT2D eigenvalue weighted by atomic mass is 16.2. The van der Waals surface area contributed by atoms with Gasteiger partial charge in [0.05, 0.1) is 18.8 Å². The van der Waals surface area contributed by atoms with Crippen LogP contribution in [0.4, 0.5) is 5.69 Å². The Hall–Kier alpha value is -2.99. The highest BCUT2D eigenvalue weighted by Gasteiger charge is 2.28. The molecule has 0 bridgehead atoms. The number of benzene rings is 2. The molecule has 1 saturated heterocycles. The second-order valence-corrected chi connectivity index (χ2v) is 7.59. The van der Waals surface area contributed by atoms with Crippen LogP contribution in [0.25, 0.3) is 0 Å². The number of carbonyl (C=O) groups is 2. The monoisotopic (exact) mass is 390 g/mol. The van der Waals surface area contributed by atoms with E-state index in [1.165, 1.54) is 0 Å². The molecule has 0 aliphatic carbocycles. The first kappa shape index (κ1) is 19.3. The fourth-order valence-electron chi connectivity index (χ4n) is 3.86. The van der Waals surface area contributed by atoms with Crippen LogP contribution in [-0.4, -0.2) is 53.6 Å². The van der Waals surface area contributed by atoms with Crippen LogP contribution in [0.3, 0.4) is 0 Å². The van der Waals surface area contributed by atoms with Gasteiger partial charge in [-0.15, -0.1) is 0 Å². The molecule has 29 heavy (non-hydrogen) atoms. The zero-order valence-electron chi connectivity index (χ0n) is 16.5. The zero-order chi connectivity index (χ0) is 20.1. The van der Waals surface area contributed by atoms with E-state index in [0.29, 0.717) is 13.1 Å². The maximum Gasteiger partial charge on any atom is 0.256 e. The van der Waals surface area contributed by atoms with Gasteiger partial charge in [-0.05, 0) is 43.6 Å². The number of para-hydroxylation sites is 1. The summed E-state index contributed by atoms with van der Waals surface area (Å²) in [6.07, 6.45) is 2.33. The lowest BCUT2D eigenvalue weighted by atomic mass is 9.96. The highest BCUT2D eigenvalue weighted by Crippen LogP contribution is 2.20. The Morgan fingerprint density at radius 3 is 2.28 bits per heavy atom. The van der Waals surface area contributed by atoms with Gasteiger partial charge in [-0.3, -0.25) is 14.5 Å². The summed E-state index contributed by atoms with van der Waals surface area (Å²) in [6, 6.07) is 19.5. The van der Waals surface area contributed by atoms with Crippen molar-refractivity contribution < 1.29 is 9.59 Å². The van der Waals surface area contributed by atoms with Crippen molar-refractivity contribution in [2.24, 2.45) is 11.0 Å². The van der Waals surface area contributed by atoms with Crippen LogP contribution in [0.5, 0.6) is 0 Å². The first-order chi connectivity index (χ1) is 14.2. The van der Waals surface area contributed by atoms with Gasteiger partial charge in [0.2, 0.25) is 5.91 Å². The largest absolute Gasteiger partial charge is 0.326 e. The molecular formula is C23H26N4O2. The number of likely N-dealkylation sites (tertiary alicyclic amines) is 1. The number of anilines is 1. The Balaban J connectivity index is 1.25. The third kappa shape index (κ3) is 4.90. The number of nitrogens with one attached hydrogen (secondary N) is 1. The molecular weight excluding hydrogens is 364 g/mol. The van der Waals surface area contributed by atoms with Crippen molar-refractivity contribution in [3.8, 4) is 0 Å². The fraction of sp³-hybridized carbons (Fsp3) is 0.348. The molecule has 2 aromatic carbocycles. The number of piperidine rings is 1. The average molecular weight is 390 g/mol. The van der Waals surface area contributed by atoms with E-state index in [4.69, 9.17) is 0 Å². The van der Waals surface area contributed by atoms with Gasteiger partial charge in [0.15, 0.2) is 0 Å². The van der Waals surface area contributed by atoms with Crippen molar-refractivity contribution in [1.82, 2.24) is 9.91 Å². The summed E-state index contributed by atoms with van der Waals surface area (Å²) in [5.41, 5.74) is 2.87. The number of hydrazone groups is 1. The maximum atomic E-state index is 12.6. The number of hydrogen-bond donors (Lipinski definition) is 1. The van der Waals surface area contributed by atoms with Crippen molar-refractivity contribution >= 4 is 23.2 Å². The maximum absolute atomic E-state index is 12.6. The summed E-state index contributed by atoms with van der Waals surface area (Å²) in [5.74, 6) is 0.0954. The van der Waals surface area contributed by atoms with E-state index < -0.39 is 0 Å². The molecule has 2 amide bonds. The average Bonchev–Trinajstić information content (AvgIpc) is 3.26. The smallest absolute Gasteiger partial charge is 0.256 e. The minimum absolute atomic E-state index is 0.00366. The Kier molecular flexibility index (Phi) is 6.00. The topological polar surface area (TPSA) is 65.0 Å². The molecule has 2 aromatic rings. The SMILES string of the molecule is O=C(Nc1ccccc1)C1CCN(CC(=O)N2CCC(c3ccccc3)=N2)CC1. The summed E-state index contributed by atoms with van der Waals surface area (Å²) >= 11 is 0. The van der Waals surface area contributed by atoms with E-state index in [-0.39, 0.29) is 17.7 Å². The number of hydrogen-bond acceptors (Lipinski definition) is 4. The van der Waals surface area contributed by atoms with Crippen molar-refractivity contribution in [3.63, 3.8) is 0 Å². The van der Waals surface area contributed by atoms with Gasteiger partial charge in [-0.2, -0.15) is 5.10 Å². The van der Waals surface area contributed by atoms with Crippen molar-refractivity contribution in [2.75, 3.05) is 31.5 Å². The molecule has 0 unspecified atom stereocenters. The minimum Gasteiger partial charge on any atom is -0.326 e. The molecule has 0 spiro atoms. The fourth-order valence-corrected chi connectivity index (χ4v) is 3.86. The number of carbonyl (C=O) groups excluding carboxylic acids is 2. The van der Waals surface area contributed by atoms with Crippen LogP contribution in [0.1, 0.15) is 24.8 Å². The zero-order valence-corrected chi connectivity index (χ0v) is 16.5. The molecule has 0 radical (unpaired) electrons. The minimum atomic E-state index is -0.00366. The van der Waals surface area contributed by atoms with Gasteiger partial charge in [0.25, 0.3) is 5.91 Å². The van der Waals surface area contributed by atoms with E-state index in [2.05, 4.69) is 15.3 Å². The van der Waals surface area contributed by atoms with E-state index in [0.717, 1.165) is 49.3 Å². The van der Waals surface area contributed by atoms with Gasteiger partial charge in [-0.1, -0.05) is 48.5 Å². The van der Waals surface area contributed by atoms with Crippen molar-refractivity contribution in [3.05, 3.63) is 66.2 Å². The number of nitrogens with zero attached hydrogens (tertiary/aromatic N) is 3. The molecule has 1 fully saturated rings. The Labute approximate surface area is 171 Å². The Bertz CT molecular complexity index is 874. The highest BCUT2D eigenvalue weighted by molar-refractivity contribution is 6.02. The van der Waals surface area contributed by atoms with Crippen LogP contribution in [0, 0.1) is 5.92 Å². The Morgan fingerprint density at radius 1 is 0.931 bits per heavy atom. The molecule has 150 valence electrons. The van der Waals surface area contributed by atoms with Crippen molar-refractivity contribution in [1.29, 1.82) is 0 Å². The lowest BCUT2D eigenvalue weighted by Crippen LogP contribution is -2.43. The predicted octanol–water partition coefficient (Wildman–Crippen LogP) is 2.97. The van der Waals surface area contributed by atoms with Crippen molar-refractivity contribution in [2.45, 2.75) is 19.3 Å². The van der Waals surface area contributed by atoms with Gasteiger partial charge >= 0.3 is 0 Å². The molecule has 6 heteroatoms. The molecule has 4 rings (SSSR count). The summed E-state index contributed by atoms with van der Waals surface area (Å²) in [7, 11) is 0. The molecule has 0 aromatic heterocycles. The molecule has 6 nitrogen and oxygen atoms in total. The lowest BCUT2D eigenvalue weighted by Gasteiger charge is -2.31.